The average molecular weight is 485 g/mol. The molecule has 0 heterocycles. The molecule has 106 valence electrons. The smallest absolute Gasteiger partial charge is 0.262 e. The van der Waals surface area contributed by atoms with Crippen LogP contribution in [0.3, 0.4) is 0 Å². The third-order valence-corrected chi connectivity index (χ3v) is 5.84. The summed E-state index contributed by atoms with van der Waals surface area (Å²) in [5.41, 5.74) is 6.58. The van der Waals surface area contributed by atoms with Gasteiger partial charge in [0, 0.05) is 19.1 Å². The van der Waals surface area contributed by atoms with Gasteiger partial charge >= 0.3 is 0 Å². The molecule has 2 rings (SSSR count). The van der Waals surface area contributed by atoms with Crippen molar-refractivity contribution in [1.82, 2.24) is 0 Å². The van der Waals surface area contributed by atoms with Gasteiger partial charge < -0.3 is 5.73 Å². The Bertz CT molecular complexity index is 743. The van der Waals surface area contributed by atoms with Gasteiger partial charge in [-0.25, -0.2) is 8.42 Å². The molecule has 0 radical (unpaired) electrons. The van der Waals surface area contributed by atoms with E-state index in [4.69, 9.17) is 5.73 Å². The van der Waals surface area contributed by atoms with Gasteiger partial charge in [0.2, 0.25) is 0 Å². The number of nitrogen functional groups attached to an aromatic ring is 1. The van der Waals surface area contributed by atoms with E-state index in [0.717, 1.165) is 0 Å². The van der Waals surface area contributed by atoms with Crippen LogP contribution in [0.4, 0.5) is 11.4 Å². The van der Waals surface area contributed by atoms with Crippen LogP contribution in [0.2, 0.25) is 0 Å². The maximum Gasteiger partial charge on any atom is 0.262 e. The fourth-order valence-corrected chi connectivity index (χ4v) is 4.58. The number of hydrogen-bond acceptors (Lipinski definition) is 3. The van der Waals surface area contributed by atoms with E-state index in [2.05, 4.69) is 52.5 Å². The number of nitrogens with one attached hydrogen (secondary N) is 1. The Morgan fingerprint density at radius 3 is 2.10 bits per heavy atom. The van der Waals surface area contributed by atoms with Gasteiger partial charge in [-0.1, -0.05) is 6.07 Å². The van der Waals surface area contributed by atoms with Crippen LogP contribution in [0.5, 0.6) is 0 Å². The van der Waals surface area contributed by atoms with Crippen molar-refractivity contribution in [3.63, 3.8) is 0 Å². The molecule has 4 nitrogen and oxygen atoms in total. The van der Waals surface area contributed by atoms with Gasteiger partial charge in [0.05, 0.1) is 10.6 Å². The lowest BCUT2D eigenvalue weighted by Gasteiger charge is -2.12. The molecule has 0 unspecified atom stereocenters. The summed E-state index contributed by atoms with van der Waals surface area (Å²) in [4.78, 5) is 0.126. The van der Waals surface area contributed by atoms with Gasteiger partial charge in [0.1, 0.15) is 0 Å². The second kappa shape index (κ2) is 6.05. The van der Waals surface area contributed by atoms with Crippen LogP contribution in [-0.4, -0.2) is 8.42 Å². The second-order valence-electron chi connectivity index (χ2n) is 3.89. The summed E-state index contributed by atoms with van der Waals surface area (Å²) in [5, 5.41) is 0. The van der Waals surface area contributed by atoms with Crippen LogP contribution in [-0.2, 0) is 10.0 Å². The molecule has 0 saturated heterocycles. The van der Waals surface area contributed by atoms with E-state index < -0.39 is 10.0 Å². The summed E-state index contributed by atoms with van der Waals surface area (Å²) in [7, 11) is -3.69. The van der Waals surface area contributed by atoms with Crippen LogP contribution in [0.25, 0.3) is 0 Å². The summed E-state index contributed by atoms with van der Waals surface area (Å²) < 4.78 is 29.1. The van der Waals surface area contributed by atoms with E-state index in [-0.39, 0.29) is 4.90 Å². The topological polar surface area (TPSA) is 72.2 Å². The number of hydrogen-bond donors (Lipinski definition) is 2. The minimum atomic E-state index is -3.69. The first kappa shape index (κ1) is 15.8. The number of benzene rings is 2. The molecule has 0 saturated carbocycles. The van der Waals surface area contributed by atoms with E-state index >= 15 is 0 Å². The molecule has 0 atom stereocenters. The number of para-hydroxylation sites is 1. The fourth-order valence-electron chi connectivity index (χ4n) is 1.46. The lowest BCUT2D eigenvalue weighted by atomic mass is 10.3. The maximum atomic E-state index is 12.4. The van der Waals surface area contributed by atoms with Crippen LogP contribution in [0, 0.1) is 0 Å². The molecule has 0 fully saturated rings. The van der Waals surface area contributed by atoms with Gasteiger partial charge in [0.25, 0.3) is 10.0 Å². The second-order valence-corrected chi connectivity index (χ2v) is 8.13. The molecule has 0 aliphatic carbocycles. The molecule has 0 amide bonds. The quantitative estimate of drug-likeness (QED) is 0.636. The molecular weight excluding hydrogens is 476 g/mol. The summed E-state index contributed by atoms with van der Waals surface area (Å²) in [6.07, 6.45) is 0. The molecule has 20 heavy (non-hydrogen) atoms. The van der Waals surface area contributed by atoms with Crippen molar-refractivity contribution in [2.24, 2.45) is 0 Å². The third-order valence-electron chi connectivity index (χ3n) is 2.48. The minimum Gasteiger partial charge on any atom is -0.398 e. The number of rotatable bonds is 3. The van der Waals surface area contributed by atoms with Gasteiger partial charge in [-0.15, -0.1) is 0 Å². The van der Waals surface area contributed by atoms with Crippen molar-refractivity contribution in [2.45, 2.75) is 4.90 Å². The zero-order valence-electron chi connectivity index (χ0n) is 9.90. The first-order chi connectivity index (χ1) is 9.31. The Kier molecular flexibility index (Phi) is 4.78. The number of nitrogens with two attached hydrogens (primary N) is 1. The average Bonchev–Trinajstić information content (AvgIpc) is 2.37. The normalized spacial score (nSPS) is 11.3. The maximum absolute atomic E-state index is 12.4. The van der Waals surface area contributed by atoms with Gasteiger partial charge in [-0.05, 0) is 78.1 Å². The number of anilines is 2. The molecule has 3 N–H and O–H groups in total. The van der Waals surface area contributed by atoms with E-state index in [9.17, 15) is 8.42 Å². The van der Waals surface area contributed by atoms with Crippen molar-refractivity contribution in [1.29, 1.82) is 0 Å². The predicted octanol–water partition coefficient (Wildman–Crippen LogP) is 4.36. The Labute approximate surface area is 142 Å². The number of halogens is 3. The summed E-state index contributed by atoms with van der Waals surface area (Å²) in [6, 6.07) is 9.75. The highest BCUT2D eigenvalue weighted by molar-refractivity contribution is 9.11. The van der Waals surface area contributed by atoms with E-state index in [1.165, 1.54) is 18.2 Å². The lowest BCUT2D eigenvalue weighted by Crippen LogP contribution is -2.14. The van der Waals surface area contributed by atoms with Crippen LogP contribution in [0.15, 0.2) is 54.7 Å². The van der Waals surface area contributed by atoms with Crippen LogP contribution in [0.1, 0.15) is 0 Å². The fraction of sp³-hybridized carbons (Fsp3) is 0. The summed E-state index contributed by atoms with van der Waals surface area (Å²) >= 11 is 9.84. The van der Waals surface area contributed by atoms with Crippen molar-refractivity contribution >= 4 is 69.2 Å². The van der Waals surface area contributed by atoms with E-state index in [0.29, 0.717) is 24.8 Å². The molecule has 2 aromatic rings. The Balaban J connectivity index is 2.43. The monoisotopic (exact) mass is 482 g/mol. The van der Waals surface area contributed by atoms with Crippen LogP contribution >= 0.6 is 47.8 Å². The Morgan fingerprint density at radius 2 is 1.55 bits per heavy atom. The lowest BCUT2D eigenvalue weighted by molar-refractivity contribution is 0.601. The highest BCUT2D eigenvalue weighted by Gasteiger charge is 2.18. The first-order valence-electron chi connectivity index (χ1n) is 5.33. The van der Waals surface area contributed by atoms with Crippen molar-refractivity contribution in [3.05, 3.63) is 49.8 Å². The predicted molar refractivity (Wildman–Crippen MR) is 91.2 cm³/mol. The molecule has 0 aliphatic rings. The van der Waals surface area contributed by atoms with Gasteiger partial charge in [-0.3, -0.25) is 4.72 Å². The Hall–Kier alpha value is -0.570. The highest BCUT2D eigenvalue weighted by Crippen LogP contribution is 2.33. The summed E-state index contributed by atoms with van der Waals surface area (Å²) in [5.74, 6) is 0. The Morgan fingerprint density at radius 1 is 0.950 bits per heavy atom. The summed E-state index contributed by atoms with van der Waals surface area (Å²) in [6.45, 7) is 0. The molecule has 0 aromatic heterocycles. The minimum absolute atomic E-state index is 0.126. The standard InChI is InChI=1S/C12H9Br3N2O2S/c13-8-2-1-3-9(14)12(8)17-20(18,19)7-4-5-11(16)10(15)6-7/h1-6,17H,16H2. The molecular formula is C12H9Br3N2O2S. The number of sulfonamides is 1. The van der Waals surface area contributed by atoms with Crippen LogP contribution < -0.4 is 10.5 Å². The van der Waals surface area contributed by atoms with Crippen molar-refractivity contribution in [2.75, 3.05) is 10.5 Å². The largest absolute Gasteiger partial charge is 0.398 e. The van der Waals surface area contributed by atoms with Gasteiger partial charge in [0.15, 0.2) is 0 Å². The SMILES string of the molecule is Nc1ccc(S(=O)(=O)Nc2c(Br)cccc2Br)cc1Br. The van der Waals surface area contributed by atoms with Crippen molar-refractivity contribution < 1.29 is 8.42 Å². The van der Waals surface area contributed by atoms with Crippen molar-refractivity contribution in [3.8, 4) is 0 Å². The van der Waals surface area contributed by atoms with E-state index in [1.54, 1.807) is 18.2 Å². The zero-order chi connectivity index (χ0) is 14.9. The molecule has 2 aromatic carbocycles. The molecule has 8 heteroatoms. The molecule has 0 spiro atoms. The zero-order valence-corrected chi connectivity index (χ0v) is 15.5. The molecule has 0 aliphatic heterocycles. The van der Waals surface area contributed by atoms with Gasteiger partial charge in [-0.2, -0.15) is 0 Å². The highest BCUT2D eigenvalue weighted by atomic mass is 79.9. The molecule has 0 bridgehead atoms. The third kappa shape index (κ3) is 3.36. The first-order valence-corrected chi connectivity index (χ1v) is 9.19. The van der Waals surface area contributed by atoms with E-state index in [1.807, 2.05) is 0 Å².